The smallest absolute Gasteiger partial charge is 0.241 e. The molecule has 2 amide bonds. The number of aliphatic hydroxyl groups excluding tert-OH is 1. The van der Waals surface area contributed by atoms with Crippen molar-refractivity contribution in [2.45, 2.75) is 6.10 Å². The topological polar surface area (TPSA) is 78.4 Å². The number of hydrogen-bond donors (Lipinski definition) is 3. The van der Waals surface area contributed by atoms with E-state index in [1.54, 1.807) is 24.3 Å². The summed E-state index contributed by atoms with van der Waals surface area (Å²) in [6.45, 7) is 0. The van der Waals surface area contributed by atoms with Crippen molar-refractivity contribution in [2.75, 3.05) is 0 Å². The van der Waals surface area contributed by atoms with Crippen LogP contribution in [0.4, 0.5) is 0 Å². The molecule has 94 valence electrons. The van der Waals surface area contributed by atoms with Crippen LogP contribution in [0.15, 0.2) is 28.7 Å². The number of hydrogen-bond acceptors (Lipinski definition) is 4. The normalized spacial score (nSPS) is 18.2. The van der Waals surface area contributed by atoms with Crippen LogP contribution in [0.3, 0.4) is 0 Å². The summed E-state index contributed by atoms with van der Waals surface area (Å²) >= 11 is 7.95. The monoisotopic (exact) mass is 328 g/mol. The number of amides is 2. The molecule has 0 radical (unpaired) electrons. The maximum Gasteiger partial charge on any atom is 0.241 e. The third-order valence-electron chi connectivity index (χ3n) is 2.57. The number of benzene rings is 1. The Hall–Kier alpha value is -1.31. The van der Waals surface area contributed by atoms with Crippen LogP contribution in [0.25, 0.3) is 0 Å². The number of thiocarbonyl (C=S) groups is 1. The van der Waals surface area contributed by atoms with Gasteiger partial charge in [0.1, 0.15) is 5.92 Å². The highest BCUT2D eigenvalue weighted by atomic mass is 79.9. The maximum absolute atomic E-state index is 11.7. The highest BCUT2D eigenvalue weighted by Gasteiger charge is 2.38. The van der Waals surface area contributed by atoms with Gasteiger partial charge in [0, 0.05) is 4.47 Å². The number of rotatable bonds is 2. The van der Waals surface area contributed by atoms with Gasteiger partial charge < -0.3 is 15.7 Å². The van der Waals surface area contributed by atoms with Crippen LogP contribution in [-0.4, -0.2) is 22.0 Å². The molecular weight excluding hydrogens is 320 g/mol. The molecule has 1 aromatic rings. The minimum absolute atomic E-state index is 0.0377. The summed E-state index contributed by atoms with van der Waals surface area (Å²) < 4.78 is 0.845. The Morgan fingerprint density at radius 2 is 1.67 bits per heavy atom. The van der Waals surface area contributed by atoms with E-state index in [1.165, 1.54) is 0 Å². The van der Waals surface area contributed by atoms with Gasteiger partial charge in [-0.05, 0) is 29.9 Å². The number of nitrogens with one attached hydrogen (secondary N) is 2. The molecule has 0 aliphatic carbocycles. The molecule has 5 nitrogen and oxygen atoms in total. The van der Waals surface area contributed by atoms with E-state index in [1.807, 2.05) is 0 Å². The molecule has 1 aromatic carbocycles. The van der Waals surface area contributed by atoms with E-state index >= 15 is 0 Å². The Kier molecular flexibility index (Phi) is 3.74. The molecule has 7 heteroatoms. The van der Waals surface area contributed by atoms with Gasteiger partial charge >= 0.3 is 0 Å². The molecule has 0 aromatic heterocycles. The Balaban J connectivity index is 2.25. The summed E-state index contributed by atoms with van der Waals surface area (Å²) in [6, 6.07) is 6.73. The highest BCUT2D eigenvalue weighted by Crippen LogP contribution is 2.25. The zero-order valence-corrected chi connectivity index (χ0v) is 11.4. The second-order valence-electron chi connectivity index (χ2n) is 3.78. The molecule has 2 rings (SSSR count). The maximum atomic E-state index is 11.7. The molecule has 3 N–H and O–H groups in total. The number of carbonyl (C=O) groups is 2. The predicted octanol–water partition coefficient (Wildman–Crippen LogP) is 0.630. The predicted molar refractivity (Wildman–Crippen MR) is 71.5 cm³/mol. The van der Waals surface area contributed by atoms with Crippen molar-refractivity contribution in [3.05, 3.63) is 34.3 Å². The minimum Gasteiger partial charge on any atom is -0.387 e. The minimum atomic E-state index is -1.21. The van der Waals surface area contributed by atoms with E-state index in [0.29, 0.717) is 5.56 Å². The standard InChI is InChI=1S/C11H9BrN2O3S/c12-6-3-1-5(2-4-6)8(15)7-9(16)13-11(18)14-10(7)17/h1-4,7-8,15H,(H2,13,14,16,17,18). The number of halogens is 1. The van der Waals surface area contributed by atoms with Crippen LogP contribution < -0.4 is 10.6 Å². The van der Waals surface area contributed by atoms with E-state index in [-0.39, 0.29) is 5.11 Å². The lowest BCUT2D eigenvalue weighted by molar-refractivity contribution is -0.140. The lowest BCUT2D eigenvalue weighted by Gasteiger charge is -2.26. The molecule has 1 aliphatic heterocycles. The van der Waals surface area contributed by atoms with Crippen molar-refractivity contribution in [3.8, 4) is 0 Å². The average Bonchev–Trinajstić information content (AvgIpc) is 2.28. The summed E-state index contributed by atoms with van der Waals surface area (Å²) in [4.78, 5) is 23.3. The van der Waals surface area contributed by atoms with Crippen molar-refractivity contribution in [3.63, 3.8) is 0 Å². The highest BCUT2D eigenvalue weighted by molar-refractivity contribution is 9.10. The first kappa shape index (κ1) is 13.1. The van der Waals surface area contributed by atoms with Gasteiger partial charge in [0.15, 0.2) is 5.11 Å². The molecule has 1 unspecified atom stereocenters. The van der Waals surface area contributed by atoms with Crippen molar-refractivity contribution >= 4 is 45.1 Å². The Bertz CT molecular complexity index is 498. The third kappa shape index (κ3) is 2.58. The van der Waals surface area contributed by atoms with E-state index in [9.17, 15) is 14.7 Å². The van der Waals surface area contributed by atoms with Crippen LogP contribution >= 0.6 is 28.1 Å². The first-order valence-corrected chi connectivity index (χ1v) is 6.28. The fourth-order valence-corrected chi connectivity index (χ4v) is 2.13. The van der Waals surface area contributed by atoms with Crippen LogP contribution in [0.5, 0.6) is 0 Å². The van der Waals surface area contributed by atoms with Gasteiger partial charge in [-0.3, -0.25) is 9.59 Å². The van der Waals surface area contributed by atoms with E-state index in [0.717, 1.165) is 4.47 Å². The number of carbonyl (C=O) groups excluding carboxylic acids is 2. The zero-order chi connectivity index (χ0) is 13.3. The first-order valence-electron chi connectivity index (χ1n) is 5.08. The van der Waals surface area contributed by atoms with Gasteiger partial charge in [-0.15, -0.1) is 0 Å². The van der Waals surface area contributed by atoms with E-state index in [4.69, 9.17) is 0 Å². The quantitative estimate of drug-likeness (QED) is 0.549. The van der Waals surface area contributed by atoms with Gasteiger partial charge in [0.05, 0.1) is 6.10 Å². The molecular formula is C11H9BrN2O3S. The molecule has 1 aliphatic rings. The Labute approximate surface area is 117 Å². The van der Waals surface area contributed by atoms with Crippen molar-refractivity contribution in [1.29, 1.82) is 0 Å². The van der Waals surface area contributed by atoms with Gasteiger partial charge in [-0.1, -0.05) is 28.1 Å². The van der Waals surface area contributed by atoms with E-state index < -0.39 is 23.8 Å². The summed E-state index contributed by atoms with van der Waals surface area (Å²) in [7, 11) is 0. The lowest BCUT2D eigenvalue weighted by atomic mass is 9.93. The third-order valence-corrected chi connectivity index (χ3v) is 3.30. The molecule has 18 heavy (non-hydrogen) atoms. The van der Waals surface area contributed by atoms with Crippen LogP contribution in [-0.2, 0) is 9.59 Å². The lowest BCUT2D eigenvalue weighted by Crippen LogP contribution is -2.57. The van der Waals surface area contributed by atoms with Crippen molar-refractivity contribution in [2.24, 2.45) is 5.92 Å². The average molecular weight is 329 g/mol. The van der Waals surface area contributed by atoms with Gasteiger partial charge in [-0.2, -0.15) is 0 Å². The summed E-state index contributed by atoms with van der Waals surface area (Å²) in [5.74, 6) is -2.39. The summed E-state index contributed by atoms with van der Waals surface area (Å²) in [5, 5.41) is 14.7. The Morgan fingerprint density at radius 3 is 2.17 bits per heavy atom. The molecule has 0 spiro atoms. The van der Waals surface area contributed by atoms with Gasteiger partial charge in [0.25, 0.3) is 0 Å². The zero-order valence-electron chi connectivity index (χ0n) is 9.01. The summed E-state index contributed by atoms with van der Waals surface area (Å²) in [5.41, 5.74) is 0.487. The fourth-order valence-electron chi connectivity index (χ4n) is 1.67. The molecule has 1 saturated heterocycles. The second-order valence-corrected chi connectivity index (χ2v) is 5.11. The fraction of sp³-hybridized carbons (Fsp3) is 0.182. The largest absolute Gasteiger partial charge is 0.387 e. The molecule has 0 saturated carbocycles. The molecule has 1 atom stereocenters. The van der Waals surface area contributed by atoms with Crippen LogP contribution in [0, 0.1) is 5.92 Å². The summed E-state index contributed by atoms with van der Waals surface area (Å²) in [6.07, 6.45) is -1.21. The molecule has 1 heterocycles. The van der Waals surface area contributed by atoms with Gasteiger partial charge in [-0.25, -0.2) is 0 Å². The van der Waals surface area contributed by atoms with Crippen molar-refractivity contribution < 1.29 is 14.7 Å². The van der Waals surface area contributed by atoms with Gasteiger partial charge in [0.2, 0.25) is 11.8 Å². The Morgan fingerprint density at radius 1 is 1.17 bits per heavy atom. The molecule has 1 fully saturated rings. The molecule has 0 bridgehead atoms. The number of aliphatic hydroxyl groups is 1. The van der Waals surface area contributed by atoms with Crippen molar-refractivity contribution in [1.82, 2.24) is 10.6 Å². The van der Waals surface area contributed by atoms with Crippen LogP contribution in [0.1, 0.15) is 11.7 Å². The van der Waals surface area contributed by atoms with E-state index in [2.05, 4.69) is 38.8 Å². The SMILES string of the molecule is O=C1NC(=S)NC(=O)C1C(O)c1ccc(Br)cc1. The second kappa shape index (κ2) is 5.13. The van der Waals surface area contributed by atoms with Crippen LogP contribution in [0.2, 0.25) is 0 Å². The first-order chi connectivity index (χ1) is 8.49.